The Morgan fingerprint density at radius 1 is 1.36 bits per heavy atom. The highest BCUT2D eigenvalue weighted by Crippen LogP contribution is 2.33. The van der Waals surface area contributed by atoms with Crippen molar-refractivity contribution in [3.63, 3.8) is 0 Å². The van der Waals surface area contributed by atoms with Crippen LogP contribution in [0.3, 0.4) is 0 Å². The molecule has 25 heavy (non-hydrogen) atoms. The molecule has 0 bridgehead atoms. The number of carbonyl (C=O) groups excluding carboxylic acids is 1. The molecule has 0 aliphatic carbocycles. The Labute approximate surface area is 154 Å². The fourth-order valence-electron chi connectivity index (χ4n) is 3.09. The predicted octanol–water partition coefficient (Wildman–Crippen LogP) is 3.41. The molecule has 6 nitrogen and oxygen atoms in total. The van der Waals surface area contributed by atoms with Crippen molar-refractivity contribution in [3.8, 4) is 0 Å². The number of benzene rings is 1. The minimum absolute atomic E-state index is 0.0428. The number of rotatable bonds is 4. The van der Waals surface area contributed by atoms with Crippen LogP contribution in [-0.4, -0.2) is 37.3 Å². The summed E-state index contributed by atoms with van der Waals surface area (Å²) in [5, 5.41) is 11.7. The molecule has 4 rings (SSSR count). The van der Waals surface area contributed by atoms with E-state index in [1.165, 1.54) is 0 Å². The zero-order valence-electron chi connectivity index (χ0n) is 13.4. The van der Waals surface area contributed by atoms with E-state index < -0.39 is 0 Å². The third kappa shape index (κ3) is 3.29. The Bertz CT molecular complexity index is 879. The van der Waals surface area contributed by atoms with Crippen molar-refractivity contribution in [2.24, 2.45) is 0 Å². The molecule has 0 saturated carbocycles. The molecule has 128 valence electrons. The van der Waals surface area contributed by atoms with Crippen LogP contribution < -0.4 is 0 Å². The second kappa shape index (κ2) is 6.93. The maximum atomic E-state index is 12.8. The largest absolute Gasteiger partial charge is 0.328 e. The Morgan fingerprint density at radius 3 is 3.04 bits per heavy atom. The van der Waals surface area contributed by atoms with Gasteiger partial charge in [0, 0.05) is 23.1 Å². The third-order valence-electron chi connectivity index (χ3n) is 4.30. The van der Waals surface area contributed by atoms with Crippen LogP contribution in [0.4, 0.5) is 0 Å². The van der Waals surface area contributed by atoms with E-state index in [2.05, 4.69) is 15.3 Å². The molecule has 3 heterocycles. The van der Waals surface area contributed by atoms with E-state index in [1.807, 2.05) is 34.5 Å². The van der Waals surface area contributed by atoms with Gasteiger partial charge in [-0.1, -0.05) is 35.0 Å². The van der Waals surface area contributed by atoms with Crippen LogP contribution in [0.25, 0.3) is 0 Å². The van der Waals surface area contributed by atoms with E-state index in [1.54, 1.807) is 28.4 Å². The molecule has 1 saturated heterocycles. The van der Waals surface area contributed by atoms with E-state index >= 15 is 0 Å². The van der Waals surface area contributed by atoms with Gasteiger partial charge in [-0.2, -0.15) is 0 Å². The molecule has 1 atom stereocenters. The third-order valence-corrected chi connectivity index (χ3v) is 5.54. The van der Waals surface area contributed by atoms with E-state index in [4.69, 9.17) is 11.6 Å². The van der Waals surface area contributed by atoms with E-state index in [0.717, 1.165) is 30.0 Å². The number of aromatic nitrogens is 4. The van der Waals surface area contributed by atoms with Gasteiger partial charge in [0.15, 0.2) is 5.69 Å². The number of amides is 1. The fourth-order valence-corrected chi connectivity index (χ4v) is 4.07. The molecule has 1 aliphatic heterocycles. The van der Waals surface area contributed by atoms with E-state index in [-0.39, 0.29) is 11.9 Å². The standard InChI is InChI=1S/C17H16ClN5OS/c18-13-5-2-1-4-12(13)10-22-11-14(20-21-22)17(24)23-8-3-6-15(23)16-19-7-9-25-16/h1-2,4-5,7,9,11,15H,3,6,8,10H2. The first kappa shape index (κ1) is 16.2. The number of halogens is 1. The van der Waals surface area contributed by atoms with E-state index in [9.17, 15) is 4.79 Å². The highest BCUT2D eigenvalue weighted by atomic mass is 35.5. The molecule has 1 aliphatic rings. The SMILES string of the molecule is O=C(c1cn(Cc2ccccc2Cl)nn1)N1CCCC1c1nccs1. The van der Waals surface area contributed by atoms with Crippen LogP contribution in [0.15, 0.2) is 42.0 Å². The summed E-state index contributed by atoms with van der Waals surface area (Å²) >= 11 is 7.77. The molecule has 8 heteroatoms. The zero-order valence-corrected chi connectivity index (χ0v) is 15.0. The first-order chi connectivity index (χ1) is 12.2. The normalized spacial score (nSPS) is 17.2. The van der Waals surface area contributed by atoms with E-state index in [0.29, 0.717) is 17.3 Å². The van der Waals surface area contributed by atoms with Gasteiger partial charge in [0.05, 0.1) is 18.8 Å². The van der Waals surface area contributed by atoms with Crippen molar-refractivity contribution in [2.45, 2.75) is 25.4 Å². The van der Waals surface area contributed by atoms with Crippen LogP contribution in [0.2, 0.25) is 5.02 Å². The summed E-state index contributed by atoms with van der Waals surface area (Å²) < 4.78 is 1.64. The van der Waals surface area contributed by atoms with Gasteiger partial charge in [-0.25, -0.2) is 9.67 Å². The van der Waals surface area contributed by atoms with Crippen LogP contribution in [0, 0.1) is 0 Å². The summed E-state index contributed by atoms with van der Waals surface area (Å²) in [7, 11) is 0. The van der Waals surface area contributed by atoms with Crippen LogP contribution >= 0.6 is 22.9 Å². The first-order valence-corrected chi connectivity index (χ1v) is 9.32. The zero-order chi connectivity index (χ0) is 17.2. The van der Waals surface area contributed by atoms with Crippen molar-refractivity contribution in [3.05, 3.63) is 63.3 Å². The molecule has 1 unspecified atom stereocenters. The summed E-state index contributed by atoms with van der Waals surface area (Å²) in [4.78, 5) is 19.1. The summed E-state index contributed by atoms with van der Waals surface area (Å²) in [6, 6.07) is 7.62. The topological polar surface area (TPSA) is 63.9 Å². The second-order valence-electron chi connectivity index (χ2n) is 5.92. The average Bonchev–Trinajstić information content (AvgIpc) is 3.37. The minimum Gasteiger partial charge on any atom is -0.328 e. The molecule has 0 radical (unpaired) electrons. The Balaban J connectivity index is 1.51. The number of thiazole rings is 1. The molecular formula is C17H16ClN5OS. The Morgan fingerprint density at radius 2 is 2.24 bits per heavy atom. The predicted molar refractivity (Wildman–Crippen MR) is 95.7 cm³/mol. The van der Waals surface area contributed by atoms with Gasteiger partial charge in [-0.3, -0.25) is 4.79 Å². The average molecular weight is 374 g/mol. The van der Waals surface area contributed by atoms with Gasteiger partial charge in [-0.15, -0.1) is 16.4 Å². The molecule has 0 spiro atoms. The summed E-state index contributed by atoms with van der Waals surface area (Å²) in [6.45, 7) is 1.20. The first-order valence-electron chi connectivity index (χ1n) is 8.06. The highest BCUT2D eigenvalue weighted by Gasteiger charge is 2.33. The van der Waals surface area contributed by atoms with Gasteiger partial charge < -0.3 is 4.90 Å². The molecule has 2 aromatic heterocycles. The smallest absolute Gasteiger partial charge is 0.276 e. The van der Waals surface area contributed by atoms with Gasteiger partial charge in [0.1, 0.15) is 5.01 Å². The highest BCUT2D eigenvalue weighted by molar-refractivity contribution is 7.09. The van der Waals surface area contributed by atoms with Crippen molar-refractivity contribution in [1.29, 1.82) is 0 Å². The molecular weight excluding hydrogens is 358 g/mol. The lowest BCUT2D eigenvalue weighted by Crippen LogP contribution is -2.30. The van der Waals surface area contributed by atoms with Gasteiger partial charge >= 0.3 is 0 Å². The van der Waals surface area contributed by atoms with Crippen LogP contribution in [-0.2, 0) is 6.54 Å². The Hall–Kier alpha value is -2.25. The number of hydrogen-bond acceptors (Lipinski definition) is 5. The molecule has 3 aromatic rings. The van der Waals surface area contributed by atoms with Crippen LogP contribution in [0.1, 0.15) is 39.9 Å². The monoisotopic (exact) mass is 373 g/mol. The minimum atomic E-state index is -0.0943. The van der Waals surface area contributed by atoms with Gasteiger partial charge in [-0.05, 0) is 24.5 Å². The summed E-state index contributed by atoms with van der Waals surface area (Å²) in [6.07, 6.45) is 5.38. The van der Waals surface area contributed by atoms with Crippen molar-refractivity contribution >= 4 is 28.8 Å². The molecule has 0 N–H and O–H groups in total. The maximum absolute atomic E-state index is 12.8. The lowest BCUT2D eigenvalue weighted by molar-refractivity contribution is 0.0729. The molecule has 1 fully saturated rings. The lowest BCUT2D eigenvalue weighted by Gasteiger charge is -2.21. The van der Waals surface area contributed by atoms with Gasteiger partial charge in [0.2, 0.25) is 0 Å². The van der Waals surface area contributed by atoms with Crippen molar-refractivity contribution < 1.29 is 4.79 Å². The Kier molecular flexibility index (Phi) is 4.50. The number of carbonyl (C=O) groups is 1. The van der Waals surface area contributed by atoms with Crippen LogP contribution in [0.5, 0.6) is 0 Å². The number of hydrogen-bond donors (Lipinski definition) is 0. The second-order valence-corrected chi connectivity index (χ2v) is 7.25. The lowest BCUT2D eigenvalue weighted by atomic mass is 10.2. The van der Waals surface area contributed by atoms with Crippen molar-refractivity contribution in [1.82, 2.24) is 24.9 Å². The summed E-state index contributed by atoms with van der Waals surface area (Å²) in [5.41, 5.74) is 1.30. The molecule has 1 amide bonds. The van der Waals surface area contributed by atoms with Gasteiger partial charge in [0.25, 0.3) is 5.91 Å². The molecule has 1 aromatic carbocycles. The summed E-state index contributed by atoms with van der Waals surface area (Å²) in [5.74, 6) is -0.0943. The fraction of sp³-hybridized carbons (Fsp3) is 0.294. The van der Waals surface area contributed by atoms with Crippen molar-refractivity contribution in [2.75, 3.05) is 6.54 Å². The quantitative estimate of drug-likeness (QED) is 0.703. The maximum Gasteiger partial charge on any atom is 0.276 e. The number of likely N-dealkylation sites (tertiary alicyclic amines) is 1. The number of nitrogens with zero attached hydrogens (tertiary/aromatic N) is 5.